The smallest absolute Gasteiger partial charge is 0.237 e. The van der Waals surface area contributed by atoms with Crippen molar-refractivity contribution < 1.29 is 13.2 Å². The number of rotatable bonds is 4. The topological polar surface area (TPSA) is 54.5 Å². The first kappa shape index (κ1) is 12.8. The molecule has 1 amide bonds. The van der Waals surface area contributed by atoms with E-state index in [1.54, 1.807) is 7.05 Å². The normalized spacial score (nSPS) is 25.8. The molecule has 4 nitrogen and oxygen atoms in total. The maximum Gasteiger partial charge on any atom is 0.237 e. The Hall–Kier alpha value is -0.290. The van der Waals surface area contributed by atoms with Crippen LogP contribution in [0.1, 0.15) is 12.8 Å². The Kier molecular flexibility index (Phi) is 4.00. The van der Waals surface area contributed by atoms with Gasteiger partial charge in [0.25, 0.3) is 0 Å². The summed E-state index contributed by atoms with van der Waals surface area (Å²) in [5.41, 5.74) is 0. The Morgan fingerprint density at radius 3 is 2.40 bits per heavy atom. The summed E-state index contributed by atoms with van der Waals surface area (Å²) in [4.78, 5) is 12.9. The van der Waals surface area contributed by atoms with E-state index in [1.165, 1.54) is 4.90 Å². The van der Waals surface area contributed by atoms with Crippen LogP contribution in [0.15, 0.2) is 0 Å². The summed E-state index contributed by atoms with van der Waals surface area (Å²) < 4.78 is 21.8. The largest absolute Gasteiger partial charge is 0.345 e. The Bertz CT molecular complexity index is 335. The number of carbonyl (C=O) groups excluding carboxylic acids is 1. The number of alkyl halides is 1. The Morgan fingerprint density at radius 1 is 1.47 bits per heavy atom. The van der Waals surface area contributed by atoms with Gasteiger partial charge in [0.2, 0.25) is 5.91 Å². The van der Waals surface area contributed by atoms with Crippen molar-refractivity contribution in [3.8, 4) is 0 Å². The summed E-state index contributed by atoms with van der Waals surface area (Å²) in [5.74, 6) is -0.308. The lowest BCUT2D eigenvalue weighted by molar-refractivity contribution is -0.128. The van der Waals surface area contributed by atoms with Crippen molar-refractivity contribution >= 4 is 27.3 Å². The molecule has 0 aromatic rings. The fourth-order valence-electron chi connectivity index (χ4n) is 1.63. The first-order valence-electron chi connectivity index (χ1n) is 4.83. The molecule has 0 aromatic carbocycles. The molecule has 0 heterocycles. The maximum absolute atomic E-state index is 11.4. The number of hydrogen-bond donors (Lipinski definition) is 0. The molecule has 0 aliphatic heterocycles. The minimum atomic E-state index is -3.22. The molecule has 0 radical (unpaired) electrons. The molecule has 1 saturated carbocycles. The zero-order valence-corrected chi connectivity index (χ0v) is 10.5. The van der Waals surface area contributed by atoms with E-state index < -0.39 is 15.6 Å². The van der Waals surface area contributed by atoms with Crippen molar-refractivity contribution in [2.75, 3.05) is 25.6 Å². The average molecular weight is 254 g/mol. The van der Waals surface area contributed by atoms with Crippen LogP contribution >= 0.6 is 11.6 Å². The number of amides is 1. The number of sulfone groups is 1. The van der Waals surface area contributed by atoms with Gasteiger partial charge in [-0.1, -0.05) is 0 Å². The molecular formula is C9H16ClNO3S. The second kappa shape index (κ2) is 4.70. The fourth-order valence-corrected chi connectivity index (χ4v) is 2.80. The van der Waals surface area contributed by atoms with Gasteiger partial charge in [-0.25, -0.2) is 8.42 Å². The minimum Gasteiger partial charge on any atom is -0.345 e. The Labute approximate surface area is 95.5 Å². The molecule has 0 N–H and O–H groups in total. The highest BCUT2D eigenvalue weighted by Crippen LogP contribution is 2.32. The van der Waals surface area contributed by atoms with Gasteiger partial charge in [0, 0.05) is 25.2 Å². The molecule has 15 heavy (non-hydrogen) atoms. The quantitative estimate of drug-likeness (QED) is 0.686. The second-order valence-electron chi connectivity index (χ2n) is 4.28. The van der Waals surface area contributed by atoms with Crippen LogP contribution in [0.2, 0.25) is 0 Å². The van der Waals surface area contributed by atoms with E-state index >= 15 is 0 Å². The van der Waals surface area contributed by atoms with Crippen LogP contribution in [0.25, 0.3) is 0 Å². The maximum atomic E-state index is 11.4. The lowest BCUT2D eigenvalue weighted by Gasteiger charge is -2.34. The van der Waals surface area contributed by atoms with Crippen LogP contribution in [0.5, 0.6) is 0 Å². The lowest BCUT2D eigenvalue weighted by Crippen LogP contribution is -2.40. The highest BCUT2D eigenvalue weighted by molar-refractivity contribution is 7.91. The first-order valence-corrected chi connectivity index (χ1v) is 7.33. The third-order valence-electron chi connectivity index (χ3n) is 2.52. The van der Waals surface area contributed by atoms with E-state index in [2.05, 4.69) is 0 Å². The van der Waals surface area contributed by atoms with Crippen molar-refractivity contribution in [3.63, 3.8) is 0 Å². The number of nitrogens with zero attached hydrogens (tertiary/aromatic N) is 1. The Morgan fingerprint density at radius 2 is 2.00 bits per heavy atom. The van der Waals surface area contributed by atoms with Crippen molar-refractivity contribution in [2.45, 2.75) is 18.2 Å². The Balaban J connectivity index is 2.34. The number of carbonyl (C=O) groups is 1. The van der Waals surface area contributed by atoms with Crippen LogP contribution in [0.4, 0.5) is 0 Å². The summed E-state index contributed by atoms with van der Waals surface area (Å²) in [6.45, 7) is 0.609. The summed E-state index contributed by atoms with van der Waals surface area (Å²) >= 11 is 5.81. The second-order valence-corrected chi connectivity index (χ2v) is 7.04. The molecule has 0 atom stereocenters. The van der Waals surface area contributed by atoms with E-state index in [0.29, 0.717) is 12.5 Å². The number of halogens is 1. The molecule has 0 unspecified atom stereocenters. The van der Waals surface area contributed by atoms with Crippen LogP contribution < -0.4 is 0 Å². The van der Waals surface area contributed by atoms with Crippen LogP contribution in [-0.4, -0.2) is 50.2 Å². The number of hydrogen-bond acceptors (Lipinski definition) is 3. The van der Waals surface area contributed by atoms with Gasteiger partial charge in [-0.15, -0.1) is 11.6 Å². The molecular weight excluding hydrogens is 238 g/mol. The van der Waals surface area contributed by atoms with E-state index in [0.717, 1.165) is 19.1 Å². The molecule has 6 heteroatoms. The first-order chi connectivity index (χ1) is 6.78. The molecule has 0 spiro atoms. The monoisotopic (exact) mass is 253 g/mol. The third kappa shape index (κ3) is 4.38. The van der Waals surface area contributed by atoms with E-state index in [9.17, 15) is 13.2 Å². The molecule has 88 valence electrons. The summed E-state index contributed by atoms with van der Waals surface area (Å²) in [6.07, 6.45) is 2.90. The van der Waals surface area contributed by atoms with Gasteiger partial charge in [0.1, 0.15) is 5.75 Å². The van der Waals surface area contributed by atoms with Crippen LogP contribution in [-0.2, 0) is 14.6 Å². The third-order valence-corrected chi connectivity index (χ3v) is 3.65. The van der Waals surface area contributed by atoms with Crippen molar-refractivity contribution in [3.05, 3.63) is 0 Å². The van der Waals surface area contributed by atoms with Gasteiger partial charge in [-0.05, 0) is 18.8 Å². The van der Waals surface area contributed by atoms with E-state index in [-0.39, 0.29) is 11.3 Å². The molecule has 1 fully saturated rings. The van der Waals surface area contributed by atoms with E-state index in [4.69, 9.17) is 11.6 Å². The zero-order valence-electron chi connectivity index (χ0n) is 8.94. The average Bonchev–Trinajstić information content (AvgIpc) is 1.98. The lowest BCUT2D eigenvalue weighted by atomic mass is 9.84. The van der Waals surface area contributed by atoms with Crippen molar-refractivity contribution in [1.29, 1.82) is 0 Å². The van der Waals surface area contributed by atoms with Gasteiger partial charge in [0.05, 0.1) is 0 Å². The highest BCUT2D eigenvalue weighted by Gasteiger charge is 2.29. The predicted octanol–water partition coefficient (Wildman–Crippen LogP) is 0.507. The molecule has 0 saturated heterocycles. The van der Waals surface area contributed by atoms with Crippen molar-refractivity contribution in [1.82, 2.24) is 4.90 Å². The van der Waals surface area contributed by atoms with Gasteiger partial charge < -0.3 is 4.90 Å². The van der Waals surface area contributed by atoms with Gasteiger partial charge in [0.15, 0.2) is 9.84 Å². The molecule has 1 rings (SSSR count). The molecule has 0 aromatic heterocycles. The van der Waals surface area contributed by atoms with Gasteiger partial charge >= 0.3 is 0 Å². The standard InChI is InChI=1S/C9H16ClNO3S/c1-11(5-7-3-8(10)4-7)9(12)6-15(2,13)14/h7-8H,3-6H2,1-2H3. The van der Waals surface area contributed by atoms with E-state index in [1.807, 2.05) is 0 Å². The SMILES string of the molecule is CN(CC1CC(Cl)C1)C(=O)CS(C)(=O)=O. The van der Waals surface area contributed by atoms with Gasteiger partial charge in [-0.3, -0.25) is 4.79 Å². The summed E-state index contributed by atoms with van der Waals surface area (Å²) in [6, 6.07) is 0. The molecule has 1 aliphatic rings. The molecule has 0 bridgehead atoms. The fraction of sp³-hybridized carbons (Fsp3) is 0.889. The highest BCUT2D eigenvalue weighted by atomic mass is 35.5. The van der Waals surface area contributed by atoms with Crippen LogP contribution in [0.3, 0.4) is 0 Å². The summed E-state index contributed by atoms with van der Waals surface area (Å²) in [7, 11) is -1.59. The molecule has 1 aliphatic carbocycles. The summed E-state index contributed by atoms with van der Waals surface area (Å²) in [5, 5.41) is 0.230. The van der Waals surface area contributed by atoms with Crippen LogP contribution in [0, 0.1) is 5.92 Å². The van der Waals surface area contributed by atoms with Gasteiger partial charge in [-0.2, -0.15) is 0 Å². The minimum absolute atomic E-state index is 0.230. The zero-order chi connectivity index (χ0) is 11.6. The predicted molar refractivity (Wildman–Crippen MR) is 59.7 cm³/mol. The van der Waals surface area contributed by atoms with Crippen molar-refractivity contribution in [2.24, 2.45) is 5.92 Å².